The van der Waals surface area contributed by atoms with E-state index in [4.69, 9.17) is 10.8 Å². The third-order valence-electron chi connectivity index (χ3n) is 2.41. The summed E-state index contributed by atoms with van der Waals surface area (Å²) in [4.78, 5) is 22.9. The van der Waals surface area contributed by atoms with Crippen LogP contribution in [-0.4, -0.2) is 29.6 Å². The zero-order valence-corrected chi connectivity index (χ0v) is 10.6. The quantitative estimate of drug-likeness (QED) is 0.666. The number of amides is 2. The van der Waals surface area contributed by atoms with Crippen molar-refractivity contribution in [3.05, 3.63) is 35.4 Å². The van der Waals surface area contributed by atoms with Gasteiger partial charge in [0.2, 0.25) is 5.91 Å². The van der Waals surface area contributed by atoms with E-state index in [0.717, 1.165) is 0 Å². The van der Waals surface area contributed by atoms with Crippen molar-refractivity contribution in [1.82, 2.24) is 5.32 Å². The lowest BCUT2D eigenvalue weighted by Crippen LogP contribution is -2.42. The monoisotopic (exact) mass is 260 g/mol. The van der Waals surface area contributed by atoms with E-state index in [1.54, 1.807) is 24.3 Å². The van der Waals surface area contributed by atoms with Crippen LogP contribution in [0.5, 0.6) is 0 Å². The molecular weight excluding hydrogens is 244 g/mol. The lowest BCUT2D eigenvalue weighted by Gasteiger charge is -2.11. The zero-order valence-electron chi connectivity index (χ0n) is 10.6. The number of benzene rings is 1. The maximum Gasteiger partial charge on any atom is 0.253 e. The van der Waals surface area contributed by atoms with Gasteiger partial charge in [0.15, 0.2) is 0 Å². The van der Waals surface area contributed by atoms with Crippen molar-refractivity contribution in [3.63, 3.8) is 0 Å². The molecular formula is C14H16N2O3. The molecule has 0 aliphatic carbocycles. The van der Waals surface area contributed by atoms with Gasteiger partial charge < -0.3 is 16.2 Å². The van der Waals surface area contributed by atoms with Gasteiger partial charge in [-0.05, 0) is 19.1 Å². The van der Waals surface area contributed by atoms with Crippen molar-refractivity contribution in [1.29, 1.82) is 0 Å². The Balaban J connectivity index is 2.91. The van der Waals surface area contributed by atoms with E-state index >= 15 is 0 Å². The van der Waals surface area contributed by atoms with Crippen LogP contribution in [0.4, 0.5) is 0 Å². The Morgan fingerprint density at radius 1 is 1.42 bits per heavy atom. The second kappa shape index (κ2) is 7.19. The summed E-state index contributed by atoms with van der Waals surface area (Å²) in [5, 5.41) is 11.2. The molecule has 1 aromatic rings. The minimum atomic E-state index is -0.744. The van der Waals surface area contributed by atoms with Crippen molar-refractivity contribution in [2.75, 3.05) is 6.61 Å². The maximum absolute atomic E-state index is 12.0. The van der Waals surface area contributed by atoms with E-state index in [0.29, 0.717) is 17.5 Å². The fourth-order valence-electron chi connectivity index (χ4n) is 1.35. The second-order valence-electron chi connectivity index (χ2n) is 3.92. The Kier molecular flexibility index (Phi) is 5.58. The van der Waals surface area contributed by atoms with Gasteiger partial charge in [-0.1, -0.05) is 24.0 Å². The van der Waals surface area contributed by atoms with Crippen LogP contribution in [0.25, 0.3) is 0 Å². The number of hydrogen-bond donors (Lipinski definition) is 3. The summed E-state index contributed by atoms with van der Waals surface area (Å²) in [5.74, 6) is 4.56. The number of rotatable bonds is 4. The molecule has 2 amide bonds. The van der Waals surface area contributed by atoms with Gasteiger partial charge in [-0.25, -0.2) is 0 Å². The first kappa shape index (κ1) is 14.7. The molecule has 0 fully saturated rings. The summed E-state index contributed by atoms with van der Waals surface area (Å²) in [6.45, 7) is 1.49. The molecule has 1 rings (SSSR count). The number of carbonyl (C=O) groups is 2. The molecule has 5 nitrogen and oxygen atoms in total. The molecule has 0 aliphatic rings. The summed E-state index contributed by atoms with van der Waals surface area (Å²) < 4.78 is 0. The lowest BCUT2D eigenvalue weighted by atomic mass is 10.1. The molecule has 0 radical (unpaired) electrons. The fourth-order valence-corrected chi connectivity index (χ4v) is 1.35. The summed E-state index contributed by atoms with van der Waals surface area (Å²) in [5.41, 5.74) is 6.01. The molecule has 0 saturated carbocycles. The van der Waals surface area contributed by atoms with Crippen molar-refractivity contribution in [3.8, 4) is 11.8 Å². The fraction of sp³-hybridized carbons (Fsp3) is 0.286. The molecule has 5 heteroatoms. The van der Waals surface area contributed by atoms with Gasteiger partial charge in [0, 0.05) is 12.0 Å². The van der Waals surface area contributed by atoms with E-state index in [-0.39, 0.29) is 6.61 Å². The summed E-state index contributed by atoms with van der Waals surface area (Å²) in [7, 11) is 0. The first-order valence-corrected chi connectivity index (χ1v) is 5.85. The van der Waals surface area contributed by atoms with Crippen LogP contribution < -0.4 is 11.1 Å². The topological polar surface area (TPSA) is 92.4 Å². The largest absolute Gasteiger partial charge is 0.395 e. The van der Waals surface area contributed by atoms with Crippen LogP contribution in [0, 0.1) is 11.8 Å². The van der Waals surface area contributed by atoms with Crippen molar-refractivity contribution in [2.45, 2.75) is 19.4 Å². The normalized spacial score (nSPS) is 11.1. The number of nitrogens with two attached hydrogens (primary N) is 1. The van der Waals surface area contributed by atoms with Gasteiger partial charge >= 0.3 is 0 Å². The highest BCUT2D eigenvalue weighted by Gasteiger charge is 2.15. The predicted molar refractivity (Wildman–Crippen MR) is 71.1 cm³/mol. The average molecular weight is 260 g/mol. The Bertz CT molecular complexity index is 529. The van der Waals surface area contributed by atoms with Crippen molar-refractivity contribution >= 4 is 11.8 Å². The molecule has 0 heterocycles. The smallest absolute Gasteiger partial charge is 0.253 e. The lowest BCUT2D eigenvalue weighted by molar-refractivity contribution is -0.119. The van der Waals surface area contributed by atoms with Gasteiger partial charge in [-0.15, -0.1) is 0 Å². The van der Waals surface area contributed by atoms with Gasteiger partial charge in [-0.3, -0.25) is 9.59 Å². The Hall–Kier alpha value is -2.32. The third kappa shape index (κ3) is 4.45. The molecule has 1 aromatic carbocycles. The van der Waals surface area contributed by atoms with Crippen LogP contribution in [0.2, 0.25) is 0 Å². The van der Waals surface area contributed by atoms with Crippen LogP contribution in [0.3, 0.4) is 0 Å². The van der Waals surface area contributed by atoms with Gasteiger partial charge in [0.25, 0.3) is 5.91 Å². The highest BCUT2D eigenvalue weighted by molar-refractivity contribution is 5.99. The van der Waals surface area contributed by atoms with Gasteiger partial charge in [-0.2, -0.15) is 0 Å². The van der Waals surface area contributed by atoms with E-state index < -0.39 is 17.9 Å². The number of aliphatic hydroxyl groups is 1. The number of primary amides is 1. The Morgan fingerprint density at radius 2 is 2.11 bits per heavy atom. The highest BCUT2D eigenvalue weighted by Crippen LogP contribution is 2.07. The maximum atomic E-state index is 12.0. The molecule has 1 atom stereocenters. The van der Waals surface area contributed by atoms with Crippen molar-refractivity contribution in [2.24, 2.45) is 5.73 Å². The molecule has 0 spiro atoms. The highest BCUT2D eigenvalue weighted by atomic mass is 16.2. The first-order chi connectivity index (χ1) is 9.06. The van der Waals surface area contributed by atoms with Gasteiger partial charge in [0.05, 0.1) is 12.2 Å². The molecule has 100 valence electrons. The molecule has 19 heavy (non-hydrogen) atoms. The number of nitrogens with one attached hydrogen (secondary N) is 1. The number of hydrogen-bond acceptors (Lipinski definition) is 3. The van der Waals surface area contributed by atoms with Gasteiger partial charge in [0.1, 0.15) is 6.04 Å². The van der Waals surface area contributed by atoms with Crippen LogP contribution in [0.15, 0.2) is 24.3 Å². The van der Waals surface area contributed by atoms with Crippen LogP contribution >= 0.6 is 0 Å². The predicted octanol–water partition coefficient (Wildman–Crippen LogP) is 0.0241. The summed E-state index contributed by atoms with van der Waals surface area (Å²) in [6.07, 6.45) is 0.341. The van der Waals surface area contributed by atoms with Crippen LogP contribution in [0.1, 0.15) is 29.3 Å². The minimum absolute atomic E-state index is 0.0277. The molecule has 0 bridgehead atoms. The SMILES string of the molecule is CC(NC(=O)c1ccccc1C#CCCO)C(N)=O. The second-order valence-corrected chi connectivity index (χ2v) is 3.92. The summed E-state index contributed by atoms with van der Waals surface area (Å²) in [6, 6.07) is 6.05. The first-order valence-electron chi connectivity index (χ1n) is 5.85. The van der Waals surface area contributed by atoms with E-state index in [9.17, 15) is 9.59 Å². The molecule has 0 saturated heterocycles. The zero-order chi connectivity index (χ0) is 14.3. The van der Waals surface area contributed by atoms with Crippen molar-refractivity contribution < 1.29 is 14.7 Å². The Labute approximate surface area is 111 Å². The molecule has 0 aliphatic heterocycles. The number of carbonyl (C=O) groups excluding carboxylic acids is 2. The minimum Gasteiger partial charge on any atom is -0.395 e. The van der Waals surface area contributed by atoms with Crippen LogP contribution in [-0.2, 0) is 4.79 Å². The molecule has 1 unspecified atom stereocenters. The summed E-state index contributed by atoms with van der Waals surface area (Å²) >= 11 is 0. The third-order valence-corrected chi connectivity index (χ3v) is 2.41. The average Bonchev–Trinajstić information content (AvgIpc) is 2.39. The van der Waals surface area contributed by atoms with E-state index in [1.807, 2.05) is 0 Å². The Morgan fingerprint density at radius 3 is 2.74 bits per heavy atom. The van der Waals surface area contributed by atoms with E-state index in [2.05, 4.69) is 17.2 Å². The molecule has 0 aromatic heterocycles. The molecule has 4 N–H and O–H groups in total. The van der Waals surface area contributed by atoms with E-state index in [1.165, 1.54) is 6.92 Å². The standard InChI is InChI=1S/C14H16N2O3/c1-10(13(15)18)16-14(19)12-8-3-2-6-11(12)7-4-5-9-17/h2-3,6,8,10,17H,5,9H2,1H3,(H2,15,18)(H,16,19). The number of aliphatic hydroxyl groups excluding tert-OH is 1.